The van der Waals surface area contributed by atoms with Crippen molar-refractivity contribution in [3.05, 3.63) is 0 Å². The summed E-state index contributed by atoms with van der Waals surface area (Å²) in [6.45, 7) is 0.381. The normalized spacial score (nSPS) is 44.1. The van der Waals surface area contributed by atoms with E-state index in [0.717, 1.165) is 6.92 Å². The lowest BCUT2D eigenvalue weighted by atomic mass is 9.99. The lowest BCUT2D eigenvalue weighted by Crippen LogP contribution is -2.64. The van der Waals surface area contributed by atoms with Gasteiger partial charge in [0.2, 0.25) is 0 Å². The largest absolute Gasteiger partial charge is 0.416 e. The van der Waals surface area contributed by atoms with Gasteiger partial charge >= 0.3 is 11.2 Å². The first-order valence-corrected chi connectivity index (χ1v) is 4.91. The number of carbonyl (C=O) groups excluding carboxylic acids is 1. The average Bonchev–Trinajstić information content (AvgIpc) is 2.20. The number of carbonyl (C=O) groups is 1. The van der Waals surface area contributed by atoms with E-state index in [1.165, 1.54) is 0 Å². The molecule has 5 atom stereocenters. The summed E-state index contributed by atoms with van der Waals surface area (Å²) in [6.07, 6.45) is -6.30. The van der Waals surface area contributed by atoms with Crippen molar-refractivity contribution >= 4 is 17.6 Å². The Bertz CT molecular complexity index is 271. The number of hydrogen-bond donors (Lipinski definition) is 4. The highest BCUT2D eigenvalue weighted by Gasteiger charge is 2.55. The molecule has 0 aliphatic carbocycles. The topological polar surface area (TPSA) is 116 Å². The summed E-state index contributed by atoms with van der Waals surface area (Å²) in [7, 11) is 0. The highest BCUT2D eigenvalue weighted by atomic mass is 35.5. The third kappa shape index (κ3) is 2.45. The van der Waals surface area contributed by atoms with Gasteiger partial charge in [0, 0.05) is 6.92 Å². The molecule has 0 bridgehead atoms. The zero-order valence-electron chi connectivity index (χ0n) is 8.41. The molecular weight excluding hydrogens is 244 g/mol. The summed E-state index contributed by atoms with van der Waals surface area (Å²) in [5, 5.41) is 34.9. The standard InChI is InChI=1S/C8H13ClO7/c1-3(11)15-8(9)7(14)6(13)5(12)4(2-10)16-8/h4-7,10,12-14H,2H2,1H3/t4-,5-,6+,7-,8+/m1/s1. The van der Waals surface area contributed by atoms with Crippen LogP contribution in [0.15, 0.2) is 0 Å². The molecule has 16 heavy (non-hydrogen) atoms. The van der Waals surface area contributed by atoms with Gasteiger partial charge < -0.3 is 29.9 Å². The van der Waals surface area contributed by atoms with Crippen LogP contribution in [-0.2, 0) is 14.3 Å². The highest BCUT2D eigenvalue weighted by molar-refractivity contribution is 6.23. The van der Waals surface area contributed by atoms with E-state index in [1.54, 1.807) is 0 Å². The summed E-state index contributed by atoms with van der Waals surface area (Å²) < 4.78 is 9.36. The minimum absolute atomic E-state index is 0.652. The maximum absolute atomic E-state index is 10.7. The molecule has 1 heterocycles. The van der Waals surface area contributed by atoms with E-state index in [4.69, 9.17) is 21.4 Å². The molecule has 0 radical (unpaired) electrons. The molecule has 1 fully saturated rings. The fourth-order valence-corrected chi connectivity index (χ4v) is 1.73. The van der Waals surface area contributed by atoms with Gasteiger partial charge in [-0.15, -0.1) is 0 Å². The number of ether oxygens (including phenoxy) is 2. The summed E-state index contributed by atoms with van der Waals surface area (Å²) in [5.74, 6) is -0.839. The first-order valence-electron chi connectivity index (χ1n) is 4.53. The van der Waals surface area contributed by atoms with Crippen molar-refractivity contribution in [2.45, 2.75) is 36.6 Å². The van der Waals surface area contributed by atoms with Crippen LogP contribution in [0.1, 0.15) is 6.92 Å². The summed E-state index contributed by atoms with van der Waals surface area (Å²) in [6, 6.07) is 0. The molecule has 0 spiro atoms. The minimum Gasteiger partial charge on any atom is -0.416 e. The van der Waals surface area contributed by atoms with Crippen molar-refractivity contribution in [2.75, 3.05) is 6.61 Å². The van der Waals surface area contributed by atoms with Crippen LogP contribution in [-0.4, -0.2) is 62.7 Å². The molecule has 1 aliphatic rings. The van der Waals surface area contributed by atoms with E-state index >= 15 is 0 Å². The number of hydrogen-bond acceptors (Lipinski definition) is 7. The minimum atomic E-state index is -2.31. The number of halogens is 1. The van der Waals surface area contributed by atoms with Gasteiger partial charge in [-0.2, -0.15) is 0 Å². The maximum Gasteiger partial charge on any atom is 0.323 e. The summed E-state index contributed by atoms with van der Waals surface area (Å²) in [5.41, 5.74) is 0. The zero-order chi connectivity index (χ0) is 12.5. The van der Waals surface area contributed by atoms with E-state index in [1.807, 2.05) is 0 Å². The smallest absolute Gasteiger partial charge is 0.323 e. The van der Waals surface area contributed by atoms with Crippen LogP contribution in [0.25, 0.3) is 0 Å². The van der Waals surface area contributed by atoms with E-state index in [-0.39, 0.29) is 0 Å². The second kappa shape index (κ2) is 4.82. The third-order valence-electron chi connectivity index (χ3n) is 2.18. The molecule has 0 aromatic carbocycles. The quantitative estimate of drug-likeness (QED) is 0.331. The third-order valence-corrected chi connectivity index (χ3v) is 2.57. The van der Waals surface area contributed by atoms with Crippen LogP contribution >= 0.6 is 11.6 Å². The SMILES string of the molecule is CC(=O)O[C@]1(Cl)O[C@H](CO)[C@@H](O)[C@H](O)[C@H]1O. The lowest BCUT2D eigenvalue weighted by molar-refractivity contribution is -0.314. The Morgan fingerprint density at radius 3 is 2.44 bits per heavy atom. The number of alkyl halides is 1. The molecule has 4 N–H and O–H groups in total. The van der Waals surface area contributed by atoms with Crippen LogP contribution in [0.2, 0.25) is 0 Å². The van der Waals surface area contributed by atoms with Crippen molar-refractivity contribution in [2.24, 2.45) is 0 Å². The van der Waals surface area contributed by atoms with Crippen molar-refractivity contribution < 1.29 is 34.7 Å². The fourth-order valence-electron chi connectivity index (χ4n) is 1.38. The molecule has 1 saturated heterocycles. The first-order chi connectivity index (χ1) is 7.31. The molecule has 0 saturated carbocycles. The summed E-state index contributed by atoms with van der Waals surface area (Å²) in [4.78, 5) is 10.7. The molecule has 1 aliphatic heterocycles. The van der Waals surface area contributed by atoms with Crippen LogP contribution in [0.4, 0.5) is 0 Å². The van der Waals surface area contributed by atoms with Crippen molar-refractivity contribution in [3.63, 3.8) is 0 Å². The van der Waals surface area contributed by atoms with Crippen LogP contribution in [0.3, 0.4) is 0 Å². The van der Waals surface area contributed by atoms with Gasteiger partial charge in [0.1, 0.15) is 18.3 Å². The Balaban J connectivity index is 2.89. The molecule has 94 valence electrons. The number of esters is 1. The van der Waals surface area contributed by atoms with Crippen molar-refractivity contribution in [1.29, 1.82) is 0 Å². The van der Waals surface area contributed by atoms with Gasteiger partial charge in [0.05, 0.1) is 6.61 Å². The van der Waals surface area contributed by atoms with Gasteiger partial charge in [0.25, 0.3) is 0 Å². The van der Waals surface area contributed by atoms with Gasteiger partial charge in [-0.3, -0.25) is 4.79 Å². The Morgan fingerprint density at radius 2 is 2.00 bits per heavy atom. The molecule has 1 rings (SSSR count). The average molecular weight is 257 g/mol. The van der Waals surface area contributed by atoms with Crippen molar-refractivity contribution in [3.8, 4) is 0 Å². The van der Waals surface area contributed by atoms with Gasteiger partial charge in [-0.25, -0.2) is 0 Å². The first kappa shape index (κ1) is 13.6. The van der Waals surface area contributed by atoms with Gasteiger partial charge in [-0.05, 0) is 11.6 Å². The lowest BCUT2D eigenvalue weighted by Gasteiger charge is -2.43. The summed E-state index contributed by atoms with van der Waals surface area (Å²) >= 11 is 5.66. The van der Waals surface area contributed by atoms with Crippen molar-refractivity contribution in [1.82, 2.24) is 0 Å². The van der Waals surface area contributed by atoms with Gasteiger partial charge in [-0.1, -0.05) is 0 Å². The molecular formula is C8H13ClO7. The number of aliphatic hydroxyl groups is 4. The van der Waals surface area contributed by atoms with E-state index in [9.17, 15) is 20.1 Å². The van der Waals surface area contributed by atoms with Crippen LogP contribution in [0.5, 0.6) is 0 Å². The van der Waals surface area contributed by atoms with E-state index in [0.29, 0.717) is 0 Å². The highest BCUT2D eigenvalue weighted by Crippen LogP contribution is 2.34. The Morgan fingerprint density at radius 1 is 1.44 bits per heavy atom. The fraction of sp³-hybridized carbons (Fsp3) is 0.875. The predicted molar refractivity (Wildman–Crippen MR) is 50.3 cm³/mol. The van der Waals surface area contributed by atoms with Crippen LogP contribution < -0.4 is 0 Å². The van der Waals surface area contributed by atoms with Crippen LogP contribution in [0, 0.1) is 0 Å². The number of aliphatic hydroxyl groups excluding tert-OH is 4. The Kier molecular flexibility index (Phi) is 4.11. The predicted octanol–water partition coefficient (Wildman–Crippen LogP) is -2.08. The Hall–Kier alpha value is -0.440. The second-order valence-electron chi connectivity index (χ2n) is 3.44. The molecule has 0 amide bonds. The molecule has 8 heteroatoms. The molecule has 0 aromatic rings. The molecule has 7 nitrogen and oxygen atoms in total. The molecule has 0 aromatic heterocycles. The monoisotopic (exact) mass is 256 g/mol. The number of rotatable bonds is 2. The maximum atomic E-state index is 10.7. The van der Waals surface area contributed by atoms with E-state index in [2.05, 4.69) is 4.74 Å². The van der Waals surface area contributed by atoms with Gasteiger partial charge in [0.15, 0.2) is 6.10 Å². The van der Waals surface area contributed by atoms with E-state index < -0.39 is 42.2 Å². The Labute approximate surface area is 96.2 Å². The second-order valence-corrected chi connectivity index (χ2v) is 3.97. The molecule has 0 unspecified atom stereocenters. The zero-order valence-corrected chi connectivity index (χ0v) is 9.16.